The number of ketones is 1. The van der Waals surface area contributed by atoms with Crippen molar-refractivity contribution in [1.82, 2.24) is 0 Å². The Morgan fingerprint density at radius 2 is 1.77 bits per heavy atom. The first-order valence-electron chi connectivity index (χ1n) is 6.84. The van der Waals surface area contributed by atoms with Crippen LogP contribution in [0.1, 0.15) is 15.9 Å². The number of rotatable bonds is 3. The van der Waals surface area contributed by atoms with Crippen LogP contribution in [0, 0.1) is 5.82 Å². The zero-order valence-electron chi connectivity index (χ0n) is 11.7. The van der Waals surface area contributed by atoms with Crippen molar-refractivity contribution < 1.29 is 14.3 Å². The van der Waals surface area contributed by atoms with Gasteiger partial charge in [-0.2, -0.15) is 0 Å². The van der Waals surface area contributed by atoms with Crippen molar-refractivity contribution in [1.29, 1.82) is 0 Å². The molecular weight excluding hydrogens is 279 g/mol. The summed E-state index contributed by atoms with van der Waals surface area (Å²) in [4.78, 5) is 12.1. The van der Waals surface area contributed by atoms with E-state index in [-0.39, 0.29) is 11.3 Å². The van der Waals surface area contributed by atoms with Gasteiger partial charge in [0.05, 0.1) is 5.56 Å². The van der Waals surface area contributed by atoms with Gasteiger partial charge in [0, 0.05) is 0 Å². The largest absolute Gasteiger partial charge is 0.507 e. The summed E-state index contributed by atoms with van der Waals surface area (Å²) in [7, 11) is 0. The van der Waals surface area contributed by atoms with Crippen LogP contribution in [0.4, 0.5) is 4.39 Å². The molecule has 1 N–H and O–H groups in total. The molecule has 0 amide bonds. The highest BCUT2D eigenvalue weighted by atomic mass is 19.1. The van der Waals surface area contributed by atoms with E-state index < -0.39 is 11.6 Å². The molecule has 3 aromatic rings. The van der Waals surface area contributed by atoms with Crippen LogP contribution in [0.25, 0.3) is 16.8 Å². The first-order chi connectivity index (χ1) is 10.6. The molecule has 3 heteroatoms. The smallest absolute Gasteiger partial charge is 0.189 e. The minimum absolute atomic E-state index is 0.0449. The second-order valence-electron chi connectivity index (χ2n) is 4.93. The molecule has 108 valence electrons. The summed E-state index contributed by atoms with van der Waals surface area (Å²) in [5, 5.41) is 11.8. The SMILES string of the molecule is O=C(/C=C/c1cccc2ccccc12)c1cc(F)ccc1O. The number of carbonyl (C=O) groups is 1. The molecule has 0 saturated carbocycles. The third kappa shape index (κ3) is 2.74. The molecule has 0 unspecified atom stereocenters. The maximum Gasteiger partial charge on any atom is 0.189 e. The van der Waals surface area contributed by atoms with Gasteiger partial charge in [0.25, 0.3) is 0 Å². The topological polar surface area (TPSA) is 37.3 Å². The van der Waals surface area contributed by atoms with Gasteiger partial charge in [-0.05, 0) is 40.6 Å². The van der Waals surface area contributed by atoms with Gasteiger partial charge in [-0.1, -0.05) is 48.5 Å². The number of halogens is 1. The number of benzene rings is 3. The Kier molecular flexibility index (Phi) is 3.71. The maximum absolute atomic E-state index is 13.2. The summed E-state index contributed by atoms with van der Waals surface area (Å²) >= 11 is 0. The van der Waals surface area contributed by atoms with Crippen LogP contribution in [0.2, 0.25) is 0 Å². The lowest BCUT2D eigenvalue weighted by Crippen LogP contribution is -1.96. The van der Waals surface area contributed by atoms with E-state index in [1.807, 2.05) is 42.5 Å². The van der Waals surface area contributed by atoms with Crippen molar-refractivity contribution >= 4 is 22.6 Å². The molecule has 22 heavy (non-hydrogen) atoms. The van der Waals surface area contributed by atoms with Gasteiger partial charge in [-0.15, -0.1) is 0 Å². The molecule has 2 nitrogen and oxygen atoms in total. The highest BCUT2D eigenvalue weighted by Gasteiger charge is 2.09. The van der Waals surface area contributed by atoms with Crippen molar-refractivity contribution in [3.63, 3.8) is 0 Å². The lowest BCUT2D eigenvalue weighted by atomic mass is 10.0. The van der Waals surface area contributed by atoms with E-state index in [1.54, 1.807) is 6.08 Å². The lowest BCUT2D eigenvalue weighted by Gasteiger charge is -2.02. The maximum atomic E-state index is 13.2. The molecule has 0 atom stereocenters. The summed E-state index contributed by atoms with van der Waals surface area (Å²) in [6, 6.07) is 17.0. The lowest BCUT2D eigenvalue weighted by molar-refractivity contribution is 0.104. The molecule has 0 spiro atoms. The Labute approximate surface area is 127 Å². The molecule has 0 aliphatic heterocycles. The van der Waals surface area contributed by atoms with Gasteiger partial charge in [0.2, 0.25) is 0 Å². The van der Waals surface area contributed by atoms with E-state index in [4.69, 9.17) is 0 Å². The van der Waals surface area contributed by atoms with Gasteiger partial charge < -0.3 is 5.11 Å². The summed E-state index contributed by atoms with van der Waals surface area (Å²) in [6.07, 6.45) is 3.02. The van der Waals surface area contributed by atoms with E-state index >= 15 is 0 Å². The van der Waals surface area contributed by atoms with Crippen molar-refractivity contribution in [2.45, 2.75) is 0 Å². The van der Waals surface area contributed by atoms with Gasteiger partial charge >= 0.3 is 0 Å². The first kappa shape index (κ1) is 14.0. The number of hydrogen-bond acceptors (Lipinski definition) is 2. The van der Waals surface area contributed by atoms with Gasteiger partial charge in [0.1, 0.15) is 11.6 Å². The minimum Gasteiger partial charge on any atom is -0.507 e. The number of carbonyl (C=O) groups excluding carboxylic acids is 1. The average Bonchev–Trinajstić information content (AvgIpc) is 2.54. The van der Waals surface area contributed by atoms with E-state index in [1.165, 1.54) is 12.1 Å². The van der Waals surface area contributed by atoms with Crippen molar-refractivity contribution in [3.8, 4) is 5.75 Å². The molecule has 3 rings (SSSR count). The molecule has 0 radical (unpaired) electrons. The molecule has 0 heterocycles. The molecule has 0 aliphatic rings. The number of allylic oxidation sites excluding steroid dienone is 1. The fraction of sp³-hybridized carbons (Fsp3) is 0. The van der Waals surface area contributed by atoms with Crippen LogP contribution in [0.15, 0.2) is 66.7 Å². The van der Waals surface area contributed by atoms with Crippen LogP contribution < -0.4 is 0 Å². The summed E-state index contributed by atoms with van der Waals surface area (Å²) in [6.45, 7) is 0. The second-order valence-corrected chi connectivity index (χ2v) is 4.93. The predicted molar refractivity (Wildman–Crippen MR) is 85.4 cm³/mol. The molecule has 0 aliphatic carbocycles. The van der Waals surface area contributed by atoms with E-state index in [0.29, 0.717) is 0 Å². The zero-order valence-corrected chi connectivity index (χ0v) is 11.7. The van der Waals surface area contributed by atoms with Crippen LogP contribution in [0.3, 0.4) is 0 Å². The quantitative estimate of drug-likeness (QED) is 0.566. The Morgan fingerprint density at radius 1 is 1.00 bits per heavy atom. The number of aromatic hydroxyl groups is 1. The van der Waals surface area contributed by atoms with E-state index in [2.05, 4.69) is 0 Å². The molecular formula is C19H13FO2. The van der Waals surface area contributed by atoms with Crippen molar-refractivity contribution in [2.75, 3.05) is 0 Å². The standard InChI is InChI=1S/C19H13FO2/c20-15-9-11-19(22)17(12-15)18(21)10-8-14-6-3-5-13-4-1-2-7-16(13)14/h1-12,22H/b10-8+. The third-order valence-corrected chi connectivity index (χ3v) is 3.46. The number of hydrogen-bond donors (Lipinski definition) is 1. The average molecular weight is 292 g/mol. The summed E-state index contributed by atoms with van der Waals surface area (Å²) in [5.74, 6) is -1.22. The van der Waals surface area contributed by atoms with Crippen molar-refractivity contribution in [3.05, 3.63) is 83.7 Å². The Balaban J connectivity index is 1.96. The third-order valence-electron chi connectivity index (χ3n) is 3.46. The van der Waals surface area contributed by atoms with Gasteiger partial charge in [0.15, 0.2) is 5.78 Å². The van der Waals surface area contributed by atoms with Crippen LogP contribution >= 0.6 is 0 Å². The second kappa shape index (κ2) is 5.82. The Hall–Kier alpha value is -2.94. The molecule has 0 aromatic heterocycles. The van der Waals surface area contributed by atoms with Crippen LogP contribution in [-0.4, -0.2) is 10.9 Å². The normalized spacial score (nSPS) is 11.1. The fourth-order valence-electron chi connectivity index (χ4n) is 2.36. The highest BCUT2D eigenvalue weighted by molar-refractivity contribution is 6.09. The number of phenols is 1. The molecule has 3 aromatic carbocycles. The van der Waals surface area contributed by atoms with E-state index in [9.17, 15) is 14.3 Å². The monoisotopic (exact) mass is 292 g/mol. The van der Waals surface area contributed by atoms with Crippen molar-refractivity contribution in [2.24, 2.45) is 0 Å². The predicted octanol–water partition coefficient (Wildman–Crippen LogP) is 4.58. The van der Waals surface area contributed by atoms with E-state index in [0.717, 1.165) is 28.5 Å². The number of phenolic OH excluding ortho intramolecular Hbond substituents is 1. The van der Waals surface area contributed by atoms with Crippen LogP contribution in [-0.2, 0) is 0 Å². The minimum atomic E-state index is -0.556. The zero-order chi connectivity index (χ0) is 15.5. The van der Waals surface area contributed by atoms with Gasteiger partial charge in [-0.25, -0.2) is 4.39 Å². The Morgan fingerprint density at radius 3 is 2.64 bits per heavy atom. The highest BCUT2D eigenvalue weighted by Crippen LogP contribution is 2.22. The van der Waals surface area contributed by atoms with Crippen LogP contribution in [0.5, 0.6) is 5.75 Å². The first-order valence-corrected chi connectivity index (χ1v) is 6.84. The fourth-order valence-corrected chi connectivity index (χ4v) is 2.36. The molecule has 0 bridgehead atoms. The molecule has 0 saturated heterocycles. The van der Waals surface area contributed by atoms with Gasteiger partial charge in [-0.3, -0.25) is 4.79 Å². The molecule has 0 fully saturated rings. The Bertz CT molecular complexity index is 876. The number of fused-ring (bicyclic) bond motifs is 1. The summed E-state index contributed by atoms with van der Waals surface area (Å²) < 4.78 is 13.2. The summed E-state index contributed by atoms with van der Waals surface area (Å²) in [5.41, 5.74) is 0.846.